The van der Waals surface area contributed by atoms with Gasteiger partial charge in [-0.25, -0.2) is 4.98 Å². The minimum Gasteiger partial charge on any atom is -0.493 e. The van der Waals surface area contributed by atoms with Crippen molar-refractivity contribution >= 4 is 16.8 Å². The molecule has 3 rings (SSSR count). The Morgan fingerprint density at radius 3 is 2.48 bits per heavy atom. The lowest BCUT2D eigenvalue weighted by atomic mass is 9.97. The maximum atomic E-state index is 12.9. The number of hydrogen-bond acceptors (Lipinski definition) is 6. The topological polar surface area (TPSA) is 111 Å². The molecule has 2 aromatic rings. The van der Waals surface area contributed by atoms with E-state index in [1.165, 1.54) is 14.2 Å². The van der Waals surface area contributed by atoms with Gasteiger partial charge in [-0.3, -0.25) is 9.59 Å². The molecule has 1 aromatic heterocycles. The van der Waals surface area contributed by atoms with Crippen molar-refractivity contribution in [1.29, 1.82) is 0 Å². The maximum Gasteiger partial charge on any atom is 0.258 e. The van der Waals surface area contributed by atoms with Crippen molar-refractivity contribution in [3.8, 4) is 11.5 Å². The quantitative estimate of drug-likeness (QED) is 0.794. The van der Waals surface area contributed by atoms with Gasteiger partial charge in [0.05, 0.1) is 37.2 Å². The molecule has 0 atom stereocenters. The van der Waals surface area contributed by atoms with Crippen LogP contribution in [0.25, 0.3) is 10.9 Å². The highest BCUT2D eigenvalue weighted by Crippen LogP contribution is 2.31. The summed E-state index contributed by atoms with van der Waals surface area (Å²) >= 11 is 0. The van der Waals surface area contributed by atoms with E-state index in [2.05, 4.69) is 9.97 Å². The van der Waals surface area contributed by atoms with E-state index in [-0.39, 0.29) is 18.0 Å². The predicted octanol–water partition coefficient (Wildman–Crippen LogP) is 1.56. The van der Waals surface area contributed by atoms with E-state index in [9.17, 15) is 9.59 Å². The summed E-state index contributed by atoms with van der Waals surface area (Å²) in [6, 6.07) is 3.26. The molecule has 1 fully saturated rings. The molecule has 1 aliphatic rings. The number of aromatic amines is 1. The van der Waals surface area contributed by atoms with Gasteiger partial charge in [-0.05, 0) is 25.8 Å². The van der Waals surface area contributed by atoms with Crippen LogP contribution in [0, 0.1) is 0 Å². The first kappa shape index (κ1) is 19.2. The van der Waals surface area contributed by atoms with Crippen LogP contribution in [0.1, 0.15) is 38.4 Å². The van der Waals surface area contributed by atoms with Crippen LogP contribution in [0.5, 0.6) is 11.5 Å². The third-order valence-corrected chi connectivity index (χ3v) is 5.19. The number of hydrogen-bond donors (Lipinski definition) is 2. The van der Waals surface area contributed by atoms with Crippen molar-refractivity contribution in [3.05, 3.63) is 28.3 Å². The number of benzene rings is 1. The standard InChI is InChI=1S/C19H26N4O4/c1-4-23(18(25)19(20)7-5-6-8-19)11-16-21-13-10-15(27-3)14(26-2)9-12(13)17(24)22-16/h9-10H,4-8,11,20H2,1-3H3,(H,21,22,24). The third kappa shape index (κ3) is 3.62. The number of carbonyl (C=O) groups excluding carboxylic acids is 1. The van der Waals surface area contributed by atoms with Crippen molar-refractivity contribution in [2.45, 2.75) is 44.7 Å². The fraction of sp³-hybridized carbons (Fsp3) is 0.526. The van der Waals surface area contributed by atoms with Crippen molar-refractivity contribution in [3.63, 3.8) is 0 Å². The van der Waals surface area contributed by atoms with E-state index in [0.29, 0.717) is 47.6 Å². The number of likely N-dealkylation sites (N-methyl/N-ethyl adjacent to an activating group) is 1. The number of nitrogens with one attached hydrogen (secondary N) is 1. The molecule has 0 saturated heterocycles. The summed E-state index contributed by atoms with van der Waals surface area (Å²) in [5.74, 6) is 1.28. The highest BCUT2D eigenvalue weighted by atomic mass is 16.5. The molecule has 1 aromatic carbocycles. The zero-order valence-electron chi connectivity index (χ0n) is 16.0. The number of fused-ring (bicyclic) bond motifs is 1. The van der Waals surface area contributed by atoms with E-state index in [4.69, 9.17) is 15.2 Å². The number of methoxy groups -OCH3 is 2. The van der Waals surface area contributed by atoms with Crippen LogP contribution >= 0.6 is 0 Å². The van der Waals surface area contributed by atoms with Crippen molar-refractivity contribution < 1.29 is 14.3 Å². The van der Waals surface area contributed by atoms with E-state index in [0.717, 1.165) is 12.8 Å². The van der Waals surface area contributed by atoms with E-state index >= 15 is 0 Å². The second-order valence-electron chi connectivity index (χ2n) is 6.92. The Balaban J connectivity index is 1.94. The summed E-state index contributed by atoms with van der Waals surface area (Å²) in [6.45, 7) is 2.59. The zero-order valence-corrected chi connectivity index (χ0v) is 16.0. The number of nitrogens with two attached hydrogens (primary N) is 1. The van der Waals surface area contributed by atoms with Gasteiger partial charge in [-0.15, -0.1) is 0 Å². The third-order valence-electron chi connectivity index (χ3n) is 5.19. The summed E-state index contributed by atoms with van der Waals surface area (Å²) < 4.78 is 10.5. The summed E-state index contributed by atoms with van der Waals surface area (Å²) in [4.78, 5) is 34.3. The van der Waals surface area contributed by atoms with Gasteiger partial charge >= 0.3 is 0 Å². The summed E-state index contributed by atoms with van der Waals surface area (Å²) in [7, 11) is 3.04. The number of amides is 1. The Hall–Kier alpha value is -2.61. The number of rotatable bonds is 6. The van der Waals surface area contributed by atoms with E-state index in [1.54, 1.807) is 17.0 Å². The molecular weight excluding hydrogens is 348 g/mol. The molecule has 1 aliphatic carbocycles. The lowest BCUT2D eigenvalue weighted by molar-refractivity contribution is -0.137. The Bertz CT molecular complexity index is 902. The molecule has 3 N–H and O–H groups in total. The molecule has 1 amide bonds. The minimum atomic E-state index is -0.802. The molecule has 0 spiro atoms. The normalized spacial score (nSPS) is 15.7. The van der Waals surface area contributed by atoms with Crippen LogP contribution < -0.4 is 20.8 Å². The second kappa shape index (κ2) is 7.56. The molecule has 0 unspecified atom stereocenters. The maximum absolute atomic E-state index is 12.9. The summed E-state index contributed by atoms with van der Waals surface area (Å²) in [6.07, 6.45) is 3.32. The number of nitrogens with zero attached hydrogens (tertiary/aromatic N) is 2. The van der Waals surface area contributed by atoms with Crippen LogP contribution in [-0.2, 0) is 11.3 Å². The molecular formula is C19H26N4O4. The molecule has 8 heteroatoms. The van der Waals surface area contributed by atoms with Crippen LogP contribution in [0.15, 0.2) is 16.9 Å². The highest BCUT2D eigenvalue weighted by molar-refractivity contribution is 5.86. The van der Waals surface area contributed by atoms with Crippen molar-refractivity contribution in [1.82, 2.24) is 14.9 Å². The van der Waals surface area contributed by atoms with Crippen molar-refractivity contribution in [2.24, 2.45) is 5.73 Å². The van der Waals surface area contributed by atoms with Gasteiger partial charge in [0.2, 0.25) is 5.91 Å². The Morgan fingerprint density at radius 1 is 1.26 bits per heavy atom. The summed E-state index contributed by atoms with van der Waals surface area (Å²) in [5, 5.41) is 0.400. The second-order valence-corrected chi connectivity index (χ2v) is 6.92. The number of aromatic nitrogens is 2. The van der Waals surface area contributed by atoms with E-state index < -0.39 is 5.54 Å². The average molecular weight is 374 g/mol. The van der Waals surface area contributed by atoms with Crippen LogP contribution in [-0.4, -0.2) is 47.1 Å². The Labute approximate surface area is 157 Å². The minimum absolute atomic E-state index is 0.0856. The zero-order chi connectivity index (χ0) is 19.6. The van der Waals surface area contributed by atoms with Crippen molar-refractivity contribution in [2.75, 3.05) is 20.8 Å². The van der Waals surface area contributed by atoms with Gasteiger partial charge < -0.3 is 25.1 Å². The Morgan fingerprint density at radius 2 is 1.89 bits per heavy atom. The molecule has 27 heavy (non-hydrogen) atoms. The number of H-pyrrole nitrogens is 1. The van der Waals surface area contributed by atoms with Gasteiger partial charge in [-0.2, -0.15) is 0 Å². The first-order valence-corrected chi connectivity index (χ1v) is 9.15. The lowest BCUT2D eigenvalue weighted by Gasteiger charge is -2.30. The fourth-order valence-corrected chi connectivity index (χ4v) is 3.63. The molecule has 146 valence electrons. The molecule has 0 aliphatic heterocycles. The van der Waals surface area contributed by atoms with E-state index in [1.807, 2.05) is 6.92 Å². The van der Waals surface area contributed by atoms with Gasteiger partial charge in [0, 0.05) is 12.6 Å². The fourth-order valence-electron chi connectivity index (χ4n) is 3.63. The van der Waals surface area contributed by atoms with Crippen LogP contribution in [0.4, 0.5) is 0 Å². The molecule has 0 radical (unpaired) electrons. The summed E-state index contributed by atoms with van der Waals surface area (Å²) in [5.41, 5.74) is 5.70. The largest absolute Gasteiger partial charge is 0.493 e. The smallest absolute Gasteiger partial charge is 0.258 e. The van der Waals surface area contributed by atoms with Crippen LogP contribution in [0.3, 0.4) is 0 Å². The monoisotopic (exact) mass is 374 g/mol. The van der Waals surface area contributed by atoms with Crippen LogP contribution in [0.2, 0.25) is 0 Å². The molecule has 1 heterocycles. The van der Waals surface area contributed by atoms with Gasteiger partial charge in [-0.1, -0.05) is 12.8 Å². The molecule has 1 saturated carbocycles. The SMILES string of the molecule is CCN(Cc1nc2cc(OC)c(OC)cc2c(=O)[nH]1)C(=O)C1(N)CCCC1. The first-order chi connectivity index (χ1) is 12.9. The highest BCUT2D eigenvalue weighted by Gasteiger charge is 2.39. The van der Waals surface area contributed by atoms with Gasteiger partial charge in [0.25, 0.3) is 5.56 Å². The first-order valence-electron chi connectivity index (χ1n) is 9.15. The molecule has 0 bridgehead atoms. The predicted molar refractivity (Wildman–Crippen MR) is 102 cm³/mol. The lowest BCUT2D eigenvalue weighted by Crippen LogP contribution is -2.53. The van der Waals surface area contributed by atoms with Gasteiger partial charge in [0.15, 0.2) is 11.5 Å². The number of ether oxygens (including phenoxy) is 2. The number of carbonyl (C=O) groups is 1. The van der Waals surface area contributed by atoms with Gasteiger partial charge in [0.1, 0.15) is 5.82 Å². The Kier molecular flexibility index (Phi) is 5.36. The molecule has 8 nitrogen and oxygen atoms in total. The average Bonchev–Trinajstić information content (AvgIpc) is 3.12.